The van der Waals surface area contributed by atoms with Crippen molar-refractivity contribution in [2.75, 3.05) is 19.6 Å². The lowest BCUT2D eigenvalue weighted by atomic mass is 10.0. The second-order valence-electron chi connectivity index (χ2n) is 6.51. The smallest absolute Gasteiger partial charge is 0.226 e. The molecule has 1 aliphatic carbocycles. The van der Waals surface area contributed by atoms with E-state index in [1.807, 2.05) is 12.1 Å². The first kappa shape index (κ1) is 18.2. The van der Waals surface area contributed by atoms with Crippen LogP contribution in [0.25, 0.3) is 0 Å². The van der Waals surface area contributed by atoms with E-state index in [0.29, 0.717) is 11.9 Å². The molecule has 1 heterocycles. The molecule has 3 nitrogen and oxygen atoms in total. The van der Waals surface area contributed by atoms with E-state index in [-0.39, 0.29) is 30.1 Å². The van der Waals surface area contributed by atoms with Crippen LogP contribution in [0.15, 0.2) is 24.3 Å². The molecule has 1 amide bonds. The van der Waals surface area contributed by atoms with Crippen LogP contribution in [-0.4, -0.2) is 36.5 Å². The molecule has 0 bridgehead atoms. The Balaban J connectivity index is 0.00000192. The first-order valence-corrected chi connectivity index (χ1v) is 8.47. The number of nitrogens with zero attached hydrogens (tertiary/aromatic N) is 1. The van der Waals surface area contributed by atoms with Gasteiger partial charge in [0.05, 0.1) is 0 Å². The zero-order valence-electron chi connectivity index (χ0n) is 13.6. The predicted molar refractivity (Wildman–Crippen MR) is 92.4 cm³/mol. The van der Waals surface area contributed by atoms with Gasteiger partial charge in [0.25, 0.3) is 0 Å². The van der Waals surface area contributed by atoms with Gasteiger partial charge in [-0.3, -0.25) is 4.79 Å². The third kappa shape index (κ3) is 4.24. The van der Waals surface area contributed by atoms with Gasteiger partial charge in [-0.2, -0.15) is 0 Å². The summed E-state index contributed by atoms with van der Waals surface area (Å²) in [4.78, 5) is 15.0. The number of benzene rings is 1. The Morgan fingerprint density at radius 3 is 2.52 bits per heavy atom. The molecule has 1 N–H and O–H groups in total. The van der Waals surface area contributed by atoms with Crippen molar-refractivity contribution in [3.8, 4) is 0 Å². The Bertz CT molecular complexity index is 516. The molecule has 1 aromatic carbocycles. The third-order valence-electron chi connectivity index (χ3n) is 4.90. The number of hydrogen-bond acceptors (Lipinski definition) is 2. The molecule has 0 radical (unpaired) electrons. The molecule has 0 aromatic heterocycles. The van der Waals surface area contributed by atoms with E-state index in [2.05, 4.69) is 17.1 Å². The summed E-state index contributed by atoms with van der Waals surface area (Å²) in [5.74, 6) is 0.485. The molecule has 3 rings (SSSR count). The van der Waals surface area contributed by atoms with Gasteiger partial charge < -0.3 is 10.2 Å². The monoisotopic (exact) mass is 340 g/mol. The minimum atomic E-state index is -0.213. The van der Waals surface area contributed by atoms with Crippen LogP contribution in [-0.2, 0) is 4.79 Å². The fourth-order valence-electron chi connectivity index (χ4n) is 3.59. The Morgan fingerprint density at radius 2 is 1.91 bits per heavy atom. The van der Waals surface area contributed by atoms with E-state index >= 15 is 0 Å². The van der Waals surface area contributed by atoms with Gasteiger partial charge in [0.1, 0.15) is 5.82 Å². The molecule has 23 heavy (non-hydrogen) atoms. The molecule has 1 aromatic rings. The number of piperidine rings is 1. The van der Waals surface area contributed by atoms with Crippen LogP contribution in [0.5, 0.6) is 0 Å². The molecule has 1 aliphatic heterocycles. The molecule has 1 saturated heterocycles. The molecular formula is C18H26ClFN2O. The normalized spacial score (nSPS) is 23.9. The Hall–Kier alpha value is -1.13. The predicted octanol–water partition coefficient (Wildman–Crippen LogP) is 3.34. The Kier molecular flexibility index (Phi) is 6.42. The fraction of sp³-hybridized carbons (Fsp3) is 0.611. The van der Waals surface area contributed by atoms with E-state index in [0.717, 1.165) is 50.9 Å². The van der Waals surface area contributed by atoms with Crippen LogP contribution >= 0.6 is 12.4 Å². The van der Waals surface area contributed by atoms with Gasteiger partial charge in [0.15, 0.2) is 0 Å². The number of rotatable bonds is 5. The molecule has 1 saturated carbocycles. The van der Waals surface area contributed by atoms with Gasteiger partial charge in [-0.05, 0) is 62.4 Å². The molecule has 128 valence electrons. The maximum absolute atomic E-state index is 13.0. The second kappa shape index (κ2) is 8.11. The lowest BCUT2D eigenvalue weighted by Crippen LogP contribution is -2.47. The maximum atomic E-state index is 13.0. The molecular weight excluding hydrogens is 315 g/mol. The summed E-state index contributed by atoms with van der Waals surface area (Å²) in [6.45, 7) is 5.00. The lowest BCUT2D eigenvalue weighted by Gasteiger charge is -2.35. The molecule has 2 aliphatic rings. The highest BCUT2D eigenvalue weighted by molar-refractivity contribution is 5.85. The summed E-state index contributed by atoms with van der Waals surface area (Å²) in [5.41, 5.74) is 1.10. The van der Waals surface area contributed by atoms with Crippen LogP contribution in [0.4, 0.5) is 4.39 Å². The maximum Gasteiger partial charge on any atom is 0.226 e. The summed E-state index contributed by atoms with van der Waals surface area (Å²) in [6, 6.07) is 7.02. The summed E-state index contributed by atoms with van der Waals surface area (Å²) in [6.07, 6.45) is 4.03. The molecule has 5 heteroatoms. The van der Waals surface area contributed by atoms with E-state index in [9.17, 15) is 9.18 Å². The van der Waals surface area contributed by atoms with Crippen LogP contribution < -0.4 is 5.32 Å². The highest BCUT2D eigenvalue weighted by Crippen LogP contribution is 2.48. The summed E-state index contributed by atoms with van der Waals surface area (Å²) in [7, 11) is 0. The highest BCUT2D eigenvalue weighted by Gasteiger charge is 2.46. The first-order valence-electron chi connectivity index (χ1n) is 8.47. The van der Waals surface area contributed by atoms with Gasteiger partial charge in [-0.1, -0.05) is 19.1 Å². The van der Waals surface area contributed by atoms with Gasteiger partial charge >= 0.3 is 0 Å². The zero-order valence-corrected chi connectivity index (χ0v) is 14.4. The third-order valence-corrected chi connectivity index (χ3v) is 4.90. The topological polar surface area (TPSA) is 32.3 Å². The van der Waals surface area contributed by atoms with Crippen molar-refractivity contribution in [2.45, 2.75) is 44.6 Å². The van der Waals surface area contributed by atoms with Gasteiger partial charge in [-0.15, -0.1) is 12.4 Å². The standard InChI is InChI=1S/C18H25FN2O.ClH/c1-2-11-21(15-7-9-20-10-8-15)18(22)17-12-16(17)13-3-5-14(19)6-4-13;/h3-6,15-17,20H,2,7-12H2,1H3;1H. The highest BCUT2D eigenvalue weighted by atomic mass is 35.5. The second-order valence-corrected chi connectivity index (χ2v) is 6.51. The largest absolute Gasteiger partial charge is 0.339 e. The average Bonchev–Trinajstić information content (AvgIpc) is 3.34. The van der Waals surface area contributed by atoms with Crippen molar-refractivity contribution in [2.24, 2.45) is 5.92 Å². The van der Waals surface area contributed by atoms with Crippen molar-refractivity contribution in [3.05, 3.63) is 35.6 Å². The molecule has 2 fully saturated rings. The number of nitrogens with one attached hydrogen (secondary N) is 1. The summed E-state index contributed by atoms with van der Waals surface area (Å²) in [5, 5.41) is 3.36. The van der Waals surface area contributed by atoms with Gasteiger partial charge in [-0.25, -0.2) is 4.39 Å². The van der Waals surface area contributed by atoms with Crippen LogP contribution in [0, 0.1) is 11.7 Å². The zero-order chi connectivity index (χ0) is 15.5. The van der Waals surface area contributed by atoms with Crippen LogP contribution in [0.3, 0.4) is 0 Å². The minimum absolute atomic E-state index is 0. The summed E-state index contributed by atoms with van der Waals surface area (Å²) >= 11 is 0. The number of halogens is 2. The summed E-state index contributed by atoms with van der Waals surface area (Å²) < 4.78 is 13.0. The van der Waals surface area contributed by atoms with Crippen molar-refractivity contribution >= 4 is 18.3 Å². The van der Waals surface area contributed by atoms with E-state index in [1.54, 1.807) is 0 Å². The van der Waals surface area contributed by atoms with Gasteiger partial charge in [0.2, 0.25) is 5.91 Å². The minimum Gasteiger partial charge on any atom is -0.339 e. The van der Waals surface area contributed by atoms with Crippen molar-refractivity contribution in [3.63, 3.8) is 0 Å². The number of carbonyl (C=O) groups is 1. The van der Waals surface area contributed by atoms with E-state index in [1.165, 1.54) is 12.1 Å². The van der Waals surface area contributed by atoms with Crippen LogP contribution in [0.1, 0.15) is 44.1 Å². The molecule has 0 spiro atoms. The van der Waals surface area contributed by atoms with Crippen molar-refractivity contribution in [1.29, 1.82) is 0 Å². The Morgan fingerprint density at radius 1 is 1.26 bits per heavy atom. The van der Waals surface area contributed by atoms with Crippen molar-refractivity contribution in [1.82, 2.24) is 10.2 Å². The fourth-order valence-corrected chi connectivity index (χ4v) is 3.59. The van der Waals surface area contributed by atoms with Gasteiger partial charge in [0, 0.05) is 18.5 Å². The quantitative estimate of drug-likeness (QED) is 0.891. The number of hydrogen-bond donors (Lipinski definition) is 1. The first-order chi connectivity index (χ1) is 10.7. The molecule has 2 atom stereocenters. The molecule has 2 unspecified atom stereocenters. The van der Waals surface area contributed by atoms with E-state index in [4.69, 9.17) is 0 Å². The van der Waals surface area contributed by atoms with Crippen molar-refractivity contribution < 1.29 is 9.18 Å². The Labute approximate surface area is 144 Å². The average molecular weight is 341 g/mol. The SMILES string of the molecule is CCCN(C(=O)C1CC1c1ccc(F)cc1)C1CCNCC1.Cl. The lowest BCUT2D eigenvalue weighted by molar-refractivity contribution is -0.135. The van der Waals surface area contributed by atoms with E-state index < -0.39 is 0 Å². The number of amides is 1. The number of carbonyl (C=O) groups excluding carboxylic acids is 1. The van der Waals surface area contributed by atoms with Crippen LogP contribution in [0.2, 0.25) is 0 Å².